The van der Waals surface area contributed by atoms with Gasteiger partial charge in [-0.25, -0.2) is 4.98 Å². The molecule has 5 nitrogen and oxygen atoms in total. The van der Waals surface area contributed by atoms with Crippen LogP contribution in [0.2, 0.25) is 0 Å². The van der Waals surface area contributed by atoms with E-state index < -0.39 is 0 Å². The zero-order chi connectivity index (χ0) is 16.1. The fraction of sp³-hybridized carbons (Fsp3) is 0.167. The summed E-state index contributed by atoms with van der Waals surface area (Å²) in [7, 11) is 0. The topological polar surface area (TPSA) is 67.5 Å². The molecule has 0 amide bonds. The number of aromatic nitrogens is 2. The van der Waals surface area contributed by atoms with Gasteiger partial charge in [-0.05, 0) is 41.9 Å². The maximum atomic E-state index is 11.5. The van der Waals surface area contributed by atoms with Crippen molar-refractivity contribution in [3.8, 4) is 5.75 Å². The van der Waals surface area contributed by atoms with Crippen molar-refractivity contribution in [3.05, 3.63) is 47.1 Å². The second-order valence-electron chi connectivity index (χ2n) is 5.63. The van der Waals surface area contributed by atoms with Gasteiger partial charge in [0.25, 0.3) is 0 Å². The fourth-order valence-corrected chi connectivity index (χ4v) is 3.34. The van der Waals surface area contributed by atoms with E-state index in [0.29, 0.717) is 28.4 Å². The highest BCUT2D eigenvalue weighted by Crippen LogP contribution is 2.43. The summed E-state index contributed by atoms with van der Waals surface area (Å²) in [6.45, 7) is 4.50. The Kier molecular flexibility index (Phi) is 2.84. The second-order valence-corrected chi connectivity index (χ2v) is 5.63. The van der Waals surface area contributed by atoms with Crippen molar-refractivity contribution in [2.24, 2.45) is 5.18 Å². The molecule has 4 aromatic rings. The monoisotopic (exact) mass is 305 g/mol. The second kappa shape index (κ2) is 4.78. The summed E-state index contributed by atoms with van der Waals surface area (Å²) in [5.74, 6) is 0.901. The molecule has 0 spiro atoms. The molecule has 0 aliphatic carbocycles. The molecule has 0 aliphatic heterocycles. The first kappa shape index (κ1) is 13.7. The van der Waals surface area contributed by atoms with Crippen LogP contribution in [0.5, 0.6) is 5.75 Å². The van der Waals surface area contributed by atoms with Crippen LogP contribution in [-0.2, 0) is 6.54 Å². The number of rotatable bonds is 2. The van der Waals surface area contributed by atoms with Gasteiger partial charge in [-0.3, -0.25) is 0 Å². The molecule has 0 saturated heterocycles. The van der Waals surface area contributed by atoms with Crippen LogP contribution >= 0.6 is 0 Å². The molecule has 0 atom stereocenters. The third-order valence-corrected chi connectivity index (χ3v) is 4.41. The number of nitroso groups, excluding NO2 is 1. The van der Waals surface area contributed by atoms with E-state index in [2.05, 4.69) is 10.2 Å². The van der Waals surface area contributed by atoms with Gasteiger partial charge in [-0.2, -0.15) is 0 Å². The van der Waals surface area contributed by atoms with Crippen molar-refractivity contribution in [1.29, 1.82) is 0 Å². The van der Waals surface area contributed by atoms with Crippen LogP contribution in [0.25, 0.3) is 32.6 Å². The van der Waals surface area contributed by atoms with Gasteiger partial charge >= 0.3 is 0 Å². The molecule has 0 radical (unpaired) electrons. The summed E-state index contributed by atoms with van der Waals surface area (Å²) in [6.07, 6.45) is 0. The summed E-state index contributed by atoms with van der Waals surface area (Å²) in [4.78, 5) is 16.0. The van der Waals surface area contributed by atoms with Crippen LogP contribution in [0, 0.1) is 11.8 Å². The Morgan fingerprint density at radius 1 is 1.17 bits per heavy atom. The minimum Gasteiger partial charge on any atom is -0.505 e. The molecule has 0 saturated carbocycles. The smallest absolute Gasteiger partial charge is 0.149 e. The van der Waals surface area contributed by atoms with E-state index in [1.165, 1.54) is 0 Å². The van der Waals surface area contributed by atoms with Crippen LogP contribution in [-0.4, -0.2) is 14.7 Å². The number of phenols is 1. The van der Waals surface area contributed by atoms with Crippen molar-refractivity contribution >= 4 is 38.3 Å². The first-order chi connectivity index (χ1) is 11.2. The van der Waals surface area contributed by atoms with Gasteiger partial charge in [-0.1, -0.05) is 24.3 Å². The Bertz CT molecular complexity index is 1100. The molecule has 5 heteroatoms. The summed E-state index contributed by atoms with van der Waals surface area (Å²) in [5.41, 5.74) is 1.32. The Morgan fingerprint density at radius 3 is 2.43 bits per heavy atom. The maximum absolute atomic E-state index is 11.5. The summed E-state index contributed by atoms with van der Waals surface area (Å²) < 4.78 is 1.90. The maximum Gasteiger partial charge on any atom is 0.149 e. The first-order valence-electron chi connectivity index (χ1n) is 7.53. The van der Waals surface area contributed by atoms with Gasteiger partial charge in [-0.15, -0.1) is 4.91 Å². The van der Waals surface area contributed by atoms with Gasteiger partial charge < -0.3 is 9.67 Å². The van der Waals surface area contributed by atoms with Gasteiger partial charge in [0.2, 0.25) is 0 Å². The molecule has 114 valence electrons. The van der Waals surface area contributed by atoms with E-state index in [1.54, 1.807) is 0 Å². The third-order valence-electron chi connectivity index (χ3n) is 4.41. The fourth-order valence-electron chi connectivity index (χ4n) is 3.34. The van der Waals surface area contributed by atoms with Crippen LogP contribution < -0.4 is 0 Å². The molecule has 4 rings (SSSR count). The quantitative estimate of drug-likeness (QED) is 0.428. The summed E-state index contributed by atoms with van der Waals surface area (Å²) in [5, 5.41) is 17.3. The standard InChI is InChI=1S/C18H15N3O2/c1-3-21-10(2)19-16-15(20-23)13-8-11-6-4-5-7-12(11)9-14(13)18(22)17(16)21/h4-9,22H,3H2,1-2H3. The molecule has 23 heavy (non-hydrogen) atoms. The van der Waals surface area contributed by atoms with Crippen LogP contribution in [0.1, 0.15) is 12.7 Å². The highest BCUT2D eigenvalue weighted by atomic mass is 16.3. The molecule has 1 heterocycles. The summed E-state index contributed by atoms with van der Waals surface area (Å²) in [6, 6.07) is 11.6. The van der Waals surface area contributed by atoms with Crippen molar-refractivity contribution in [2.75, 3.05) is 0 Å². The molecule has 0 bridgehead atoms. The number of nitrogens with zero attached hydrogens (tertiary/aromatic N) is 3. The lowest BCUT2D eigenvalue weighted by atomic mass is 10.0. The SMILES string of the molecule is CCn1c(C)nc2c(N=O)c3cc4ccccc4cc3c(O)c21. The zero-order valence-corrected chi connectivity index (χ0v) is 12.9. The van der Waals surface area contributed by atoms with Crippen LogP contribution in [0.3, 0.4) is 0 Å². The molecule has 1 aromatic heterocycles. The predicted octanol–water partition coefficient (Wildman–Crippen LogP) is 4.77. The van der Waals surface area contributed by atoms with E-state index in [-0.39, 0.29) is 11.4 Å². The highest BCUT2D eigenvalue weighted by Gasteiger charge is 2.20. The number of aryl methyl sites for hydroxylation is 2. The van der Waals surface area contributed by atoms with Gasteiger partial charge in [0.1, 0.15) is 28.3 Å². The number of benzene rings is 3. The Balaban J connectivity index is 2.31. The predicted molar refractivity (Wildman–Crippen MR) is 92.3 cm³/mol. The van der Waals surface area contributed by atoms with E-state index >= 15 is 0 Å². The highest BCUT2D eigenvalue weighted by molar-refractivity contribution is 6.15. The molecular formula is C18H15N3O2. The lowest BCUT2D eigenvalue weighted by molar-refractivity contribution is 0.484. The largest absolute Gasteiger partial charge is 0.505 e. The lowest BCUT2D eigenvalue weighted by Crippen LogP contribution is -1.96. The average molecular weight is 305 g/mol. The lowest BCUT2D eigenvalue weighted by Gasteiger charge is -2.09. The normalized spacial score (nSPS) is 11.6. The third kappa shape index (κ3) is 1.76. The number of hydrogen-bond acceptors (Lipinski definition) is 4. The molecular weight excluding hydrogens is 290 g/mol. The molecule has 0 aliphatic rings. The van der Waals surface area contributed by atoms with E-state index in [0.717, 1.165) is 16.6 Å². The minimum atomic E-state index is 0.149. The minimum absolute atomic E-state index is 0.149. The van der Waals surface area contributed by atoms with Crippen molar-refractivity contribution < 1.29 is 5.11 Å². The van der Waals surface area contributed by atoms with Gasteiger partial charge in [0, 0.05) is 17.3 Å². The van der Waals surface area contributed by atoms with Crippen LogP contribution in [0.4, 0.5) is 5.69 Å². The van der Waals surface area contributed by atoms with E-state index in [9.17, 15) is 10.0 Å². The van der Waals surface area contributed by atoms with E-state index in [4.69, 9.17) is 0 Å². The molecule has 1 N–H and O–H groups in total. The Morgan fingerprint density at radius 2 is 1.83 bits per heavy atom. The Labute approximate surface area is 132 Å². The number of imidazole rings is 1. The van der Waals surface area contributed by atoms with Crippen molar-refractivity contribution in [3.63, 3.8) is 0 Å². The summed E-state index contributed by atoms with van der Waals surface area (Å²) >= 11 is 0. The van der Waals surface area contributed by atoms with Gasteiger partial charge in [0.15, 0.2) is 0 Å². The van der Waals surface area contributed by atoms with Crippen molar-refractivity contribution in [2.45, 2.75) is 20.4 Å². The molecule has 0 fully saturated rings. The average Bonchev–Trinajstić information content (AvgIpc) is 2.90. The number of hydrogen-bond donors (Lipinski definition) is 1. The number of fused-ring (bicyclic) bond motifs is 3. The molecule has 0 unspecified atom stereocenters. The molecule has 3 aromatic carbocycles. The van der Waals surface area contributed by atoms with E-state index in [1.807, 2.05) is 54.8 Å². The first-order valence-corrected chi connectivity index (χ1v) is 7.53. The number of aromatic hydroxyl groups is 1. The van der Waals surface area contributed by atoms with Crippen molar-refractivity contribution in [1.82, 2.24) is 9.55 Å². The van der Waals surface area contributed by atoms with Gasteiger partial charge in [0.05, 0.1) is 0 Å². The van der Waals surface area contributed by atoms with Crippen LogP contribution in [0.15, 0.2) is 41.6 Å². The zero-order valence-electron chi connectivity index (χ0n) is 12.9. The Hall–Kier alpha value is -2.95. The number of phenolic OH excluding ortho intramolecular Hbond substituents is 1.